The van der Waals surface area contributed by atoms with Gasteiger partial charge in [-0.05, 0) is 35.7 Å². The van der Waals surface area contributed by atoms with Crippen molar-refractivity contribution in [2.45, 2.75) is 4.90 Å². The maximum atomic E-state index is 13.1. The van der Waals surface area contributed by atoms with Crippen LogP contribution in [0.3, 0.4) is 0 Å². The van der Waals surface area contributed by atoms with Gasteiger partial charge in [0.2, 0.25) is 10.0 Å². The molecule has 0 radical (unpaired) electrons. The van der Waals surface area contributed by atoms with Gasteiger partial charge in [-0.2, -0.15) is 4.31 Å². The lowest BCUT2D eigenvalue weighted by Gasteiger charge is -2.26. The van der Waals surface area contributed by atoms with Crippen molar-refractivity contribution in [3.05, 3.63) is 63.9 Å². The van der Waals surface area contributed by atoms with Crippen LogP contribution in [-0.2, 0) is 10.0 Å². The Bertz CT molecular complexity index is 1440. The second-order valence-corrected chi connectivity index (χ2v) is 9.62. The molecule has 1 aliphatic rings. The summed E-state index contributed by atoms with van der Waals surface area (Å²) in [6.07, 6.45) is 0. The topological polar surface area (TPSA) is 98.1 Å². The van der Waals surface area contributed by atoms with Crippen molar-refractivity contribution in [1.82, 2.24) is 19.6 Å². The molecule has 5 rings (SSSR count). The number of pyridine rings is 1. The number of sulfonamides is 1. The molecule has 4 aromatic rings. The molecule has 7 nitrogen and oxygen atoms in total. The molecule has 30 heavy (non-hydrogen) atoms. The Morgan fingerprint density at radius 1 is 0.900 bits per heavy atom. The number of nitrogens with zero attached hydrogens (tertiary/aromatic N) is 1. The van der Waals surface area contributed by atoms with Crippen LogP contribution in [0.5, 0.6) is 0 Å². The standard InChI is InChI=1S/C21H19ClN4O3S/c22-16-12-18-14(11-20(16)30(28,29)26-7-5-23-6-8-26)10-19(24-18)15-9-13-3-1-2-4-17(13)25-21(15)27/h1-4,9-12,23-24H,5-8H2,(H,25,27). The average molecular weight is 443 g/mol. The summed E-state index contributed by atoms with van der Waals surface area (Å²) in [5, 5.41) is 4.88. The van der Waals surface area contributed by atoms with E-state index in [1.54, 1.807) is 18.2 Å². The van der Waals surface area contributed by atoms with E-state index in [-0.39, 0.29) is 15.5 Å². The number of fused-ring (bicyclic) bond motifs is 2. The van der Waals surface area contributed by atoms with Gasteiger partial charge >= 0.3 is 0 Å². The van der Waals surface area contributed by atoms with Gasteiger partial charge in [0.1, 0.15) is 4.90 Å². The van der Waals surface area contributed by atoms with E-state index in [0.29, 0.717) is 48.3 Å². The minimum absolute atomic E-state index is 0.0801. The van der Waals surface area contributed by atoms with Crippen molar-refractivity contribution in [1.29, 1.82) is 0 Å². The molecule has 0 unspecified atom stereocenters. The highest BCUT2D eigenvalue weighted by molar-refractivity contribution is 7.89. The molecule has 154 valence electrons. The van der Waals surface area contributed by atoms with E-state index >= 15 is 0 Å². The van der Waals surface area contributed by atoms with E-state index in [0.717, 1.165) is 10.9 Å². The number of para-hydroxylation sites is 1. The smallest absolute Gasteiger partial charge is 0.257 e. The van der Waals surface area contributed by atoms with Gasteiger partial charge in [-0.1, -0.05) is 29.8 Å². The van der Waals surface area contributed by atoms with Gasteiger partial charge in [0, 0.05) is 42.6 Å². The molecule has 9 heteroatoms. The highest BCUT2D eigenvalue weighted by Gasteiger charge is 2.28. The average Bonchev–Trinajstić information content (AvgIpc) is 3.15. The first-order valence-electron chi connectivity index (χ1n) is 9.59. The molecule has 1 aliphatic heterocycles. The molecule has 1 saturated heterocycles. The quantitative estimate of drug-likeness (QED) is 0.454. The predicted molar refractivity (Wildman–Crippen MR) is 118 cm³/mol. The largest absolute Gasteiger partial charge is 0.354 e. The van der Waals surface area contributed by atoms with Crippen LogP contribution in [0.1, 0.15) is 0 Å². The monoisotopic (exact) mass is 442 g/mol. The Hall–Kier alpha value is -2.65. The first-order valence-corrected chi connectivity index (χ1v) is 11.4. The van der Waals surface area contributed by atoms with Gasteiger partial charge < -0.3 is 15.3 Å². The third kappa shape index (κ3) is 3.22. The molecule has 3 N–H and O–H groups in total. The third-order valence-corrected chi connectivity index (χ3v) is 7.77. The van der Waals surface area contributed by atoms with E-state index in [1.165, 1.54) is 4.31 Å². The van der Waals surface area contributed by atoms with Crippen molar-refractivity contribution in [2.75, 3.05) is 26.2 Å². The molecule has 0 amide bonds. The summed E-state index contributed by atoms with van der Waals surface area (Å²) in [6, 6.07) is 14.3. The number of nitrogens with one attached hydrogen (secondary N) is 3. The highest BCUT2D eigenvalue weighted by atomic mass is 35.5. The maximum Gasteiger partial charge on any atom is 0.257 e. The van der Waals surface area contributed by atoms with E-state index < -0.39 is 10.0 Å². The van der Waals surface area contributed by atoms with Crippen LogP contribution in [0.4, 0.5) is 0 Å². The van der Waals surface area contributed by atoms with Gasteiger partial charge in [-0.25, -0.2) is 8.42 Å². The molecular weight excluding hydrogens is 424 g/mol. The second-order valence-electron chi connectivity index (χ2n) is 7.31. The summed E-state index contributed by atoms with van der Waals surface area (Å²) in [5.41, 5.74) is 2.29. The van der Waals surface area contributed by atoms with Gasteiger partial charge in [0.15, 0.2) is 0 Å². The van der Waals surface area contributed by atoms with E-state index in [4.69, 9.17) is 11.6 Å². The Morgan fingerprint density at radius 3 is 2.47 bits per heavy atom. The van der Waals surface area contributed by atoms with Crippen LogP contribution < -0.4 is 10.9 Å². The Kier molecular flexibility index (Phi) is 4.67. The van der Waals surface area contributed by atoms with Crippen molar-refractivity contribution >= 4 is 43.4 Å². The number of piperazine rings is 1. The Balaban J connectivity index is 1.62. The van der Waals surface area contributed by atoms with Crippen LogP contribution in [0.2, 0.25) is 5.02 Å². The molecule has 0 atom stereocenters. The molecule has 1 fully saturated rings. The highest BCUT2D eigenvalue weighted by Crippen LogP contribution is 2.32. The number of rotatable bonds is 3. The van der Waals surface area contributed by atoms with Crippen LogP contribution in [0.25, 0.3) is 33.1 Å². The summed E-state index contributed by atoms with van der Waals surface area (Å²) in [5.74, 6) is 0. The molecule has 0 bridgehead atoms. The first-order chi connectivity index (χ1) is 14.4. The summed E-state index contributed by atoms with van der Waals surface area (Å²) >= 11 is 6.36. The summed E-state index contributed by atoms with van der Waals surface area (Å²) in [4.78, 5) is 18.8. The van der Waals surface area contributed by atoms with Gasteiger partial charge in [0.25, 0.3) is 5.56 Å². The lowest BCUT2D eigenvalue weighted by molar-refractivity contribution is 0.360. The molecule has 2 aromatic heterocycles. The van der Waals surface area contributed by atoms with Gasteiger partial charge in [0.05, 0.1) is 16.3 Å². The number of benzene rings is 2. The minimum atomic E-state index is -3.70. The van der Waals surface area contributed by atoms with Crippen molar-refractivity contribution in [3.8, 4) is 11.3 Å². The molecular formula is C21H19ClN4O3S. The fourth-order valence-corrected chi connectivity index (χ4v) is 5.83. The van der Waals surface area contributed by atoms with Crippen LogP contribution >= 0.6 is 11.6 Å². The number of halogens is 1. The molecule has 0 aliphatic carbocycles. The van der Waals surface area contributed by atoms with E-state index in [2.05, 4.69) is 15.3 Å². The third-order valence-electron chi connectivity index (χ3n) is 5.41. The van der Waals surface area contributed by atoms with Crippen LogP contribution in [0, 0.1) is 0 Å². The molecule has 2 aromatic carbocycles. The van der Waals surface area contributed by atoms with Crippen molar-refractivity contribution in [3.63, 3.8) is 0 Å². The van der Waals surface area contributed by atoms with E-state index in [1.807, 2.05) is 30.3 Å². The lowest BCUT2D eigenvalue weighted by atomic mass is 10.1. The number of hydrogen-bond acceptors (Lipinski definition) is 4. The summed E-state index contributed by atoms with van der Waals surface area (Å²) in [6.45, 7) is 2.03. The van der Waals surface area contributed by atoms with Crippen LogP contribution in [-0.4, -0.2) is 48.9 Å². The zero-order valence-electron chi connectivity index (χ0n) is 15.9. The lowest BCUT2D eigenvalue weighted by Crippen LogP contribution is -2.46. The van der Waals surface area contributed by atoms with Gasteiger partial charge in [-0.15, -0.1) is 0 Å². The van der Waals surface area contributed by atoms with E-state index in [9.17, 15) is 13.2 Å². The minimum Gasteiger partial charge on any atom is -0.354 e. The zero-order valence-corrected chi connectivity index (χ0v) is 17.5. The normalized spacial score (nSPS) is 15.8. The van der Waals surface area contributed by atoms with Crippen molar-refractivity contribution < 1.29 is 8.42 Å². The van der Waals surface area contributed by atoms with Crippen LogP contribution in [0.15, 0.2) is 58.2 Å². The number of aromatic nitrogens is 2. The Morgan fingerprint density at radius 2 is 1.67 bits per heavy atom. The fourth-order valence-electron chi connectivity index (χ4n) is 3.85. The SMILES string of the molecule is O=c1[nH]c2ccccc2cc1-c1cc2cc(S(=O)(=O)N3CCNCC3)c(Cl)cc2[nH]1. The molecule has 0 spiro atoms. The Labute approximate surface area is 177 Å². The number of H-pyrrole nitrogens is 2. The summed E-state index contributed by atoms with van der Waals surface area (Å²) < 4.78 is 27.6. The second kappa shape index (κ2) is 7.24. The fraction of sp³-hybridized carbons (Fsp3) is 0.190. The number of aromatic amines is 2. The molecule has 3 heterocycles. The maximum absolute atomic E-state index is 13.1. The van der Waals surface area contributed by atoms with Gasteiger partial charge in [-0.3, -0.25) is 4.79 Å². The summed E-state index contributed by atoms with van der Waals surface area (Å²) in [7, 11) is -3.70. The zero-order chi connectivity index (χ0) is 20.9. The number of hydrogen-bond donors (Lipinski definition) is 3. The first kappa shape index (κ1) is 19.3. The van der Waals surface area contributed by atoms with Crippen molar-refractivity contribution in [2.24, 2.45) is 0 Å². The predicted octanol–water partition coefficient (Wildman–Crippen LogP) is 2.92. The molecule has 0 saturated carbocycles.